The minimum atomic E-state index is -1.20. The van der Waals surface area contributed by atoms with Crippen LogP contribution < -0.4 is 0 Å². The van der Waals surface area contributed by atoms with Crippen LogP contribution in [0.25, 0.3) is 22.3 Å². The van der Waals surface area contributed by atoms with Crippen LogP contribution >= 0.6 is 0 Å². The van der Waals surface area contributed by atoms with Crippen LogP contribution in [-0.4, -0.2) is 10.9 Å². The molecule has 4 aromatic rings. The van der Waals surface area contributed by atoms with Crippen molar-refractivity contribution in [3.05, 3.63) is 120 Å². The first-order chi connectivity index (χ1) is 13.8. The Kier molecular flexibility index (Phi) is 5.14. The molecule has 2 heteroatoms. The molecular weight excluding hydrogens is 344 g/mol. The maximum Gasteiger partial charge on any atom is 0.196 e. The molecule has 0 fully saturated rings. The van der Waals surface area contributed by atoms with Gasteiger partial charge in [-0.05, 0) is 22.3 Å². The Morgan fingerprint density at radius 2 is 1.14 bits per heavy atom. The SMILES string of the molecule is O=C(c1cccc(-c2ccccc2)c1-c1ccccc1)C(O)c1ccccc1. The Morgan fingerprint density at radius 3 is 1.75 bits per heavy atom. The van der Waals surface area contributed by atoms with Gasteiger partial charge < -0.3 is 5.11 Å². The summed E-state index contributed by atoms with van der Waals surface area (Å²) >= 11 is 0. The molecule has 0 amide bonds. The molecule has 1 unspecified atom stereocenters. The minimum absolute atomic E-state index is 0.303. The van der Waals surface area contributed by atoms with Crippen molar-refractivity contribution in [1.29, 1.82) is 0 Å². The molecule has 28 heavy (non-hydrogen) atoms. The lowest BCUT2D eigenvalue weighted by molar-refractivity contribution is 0.0748. The molecule has 0 saturated heterocycles. The molecule has 0 aromatic heterocycles. The van der Waals surface area contributed by atoms with Crippen LogP contribution in [0.15, 0.2) is 109 Å². The van der Waals surface area contributed by atoms with E-state index in [1.165, 1.54) is 0 Å². The highest BCUT2D eigenvalue weighted by Crippen LogP contribution is 2.36. The van der Waals surface area contributed by atoms with Crippen LogP contribution in [0.4, 0.5) is 0 Å². The van der Waals surface area contributed by atoms with Crippen LogP contribution in [0, 0.1) is 0 Å². The Balaban J connectivity index is 1.89. The van der Waals surface area contributed by atoms with E-state index in [9.17, 15) is 9.90 Å². The van der Waals surface area contributed by atoms with E-state index in [0.29, 0.717) is 11.1 Å². The minimum Gasteiger partial charge on any atom is -0.380 e. The van der Waals surface area contributed by atoms with Crippen molar-refractivity contribution in [3.8, 4) is 22.3 Å². The summed E-state index contributed by atoms with van der Waals surface area (Å²) in [6.07, 6.45) is -1.20. The highest BCUT2D eigenvalue weighted by atomic mass is 16.3. The van der Waals surface area contributed by atoms with Gasteiger partial charge in [0.2, 0.25) is 0 Å². The zero-order valence-electron chi connectivity index (χ0n) is 15.3. The van der Waals surface area contributed by atoms with Gasteiger partial charge in [-0.2, -0.15) is 0 Å². The van der Waals surface area contributed by atoms with Crippen molar-refractivity contribution in [2.45, 2.75) is 6.10 Å². The Bertz CT molecular complexity index is 1070. The Morgan fingerprint density at radius 1 is 0.607 bits per heavy atom. The first kappa shape index (κ1) is 17.9. The summed E-state index contributed by atoms with van der Waals surface area (Å²) in [5.41, 5.74) is 4.91. The summed E-state index contributed by atoms with van der Waals surface area (Å²) in [6, 6.07) is 34.6. The van der Waals surface area contributed by atoms with E-state index in [4.69, 9.17) is 0 Å². The molecule has 0 spiro atoms. The lowest BCUT2D eigenvalue weighted by atomic mass is 9.87. The lowest BCUT2D eigenvalue weighted by Gasteiger charge is -2.17. The third-order valence-electron chi connectivity index (χ3n) is 4.84. The molecular formula is C26H20O2. The van der Waals surface area contributed by atoms with E-state index in [1.807, 2.05) is 91.0 Å². The predicted octanol–water partition coefficient (Wildman–Crippen LogP) is 5.94. The van der Waals surface area contributed by atoms with E-state index in [0.717, 1.165) is 22.3 Å². The van der Waals surface area contributed by atoms with Gasteiger partial charge in [0.05, 0.1) is 0 Å². The molecule has 4 aromatic carbocycles. The molecule has 1 N–H and O–H groups in total. The maximum absolute atomic E-state index is 13.3. The van der Waals surface area contributed by atoms with Crippen LogP contribution in [0.3, 0.4) is 0 Å². The fourth-order valence-corrected chi connectivity index (χ4v) is 3.47. The zero-order valence-corrected chi connectivity index (χ0v) is 15.3. The number of rotatable bonds is 5. The molecule has 0 heterocycles. The number of benzene rings is 4. The molecule has 1 atom stereocenters. The smallest absolute Gasteiger partial charge is 0.196 e. The highest BCUT2D eigenvalue weighted by Gasteiger charge is 2.24. The first-order valence-corrected chi connectivity index (χ1v) is 9.27. The second kappa shape index (κ2) is 8.03. The van der Waals surface area contributed by atoms with Gasteiger partial charge in [-0.25, -0.2) is 0 Å². The largest absolute Gasteiger partial charge is 0.380 e. The van der Waals surface area contributed by atoms with Gasteiger partial charge in [-0.1, -0.05) is 109 Å². The monoisotopic (exact) mass is 364 g/mol. The predicted molar refractivity (Wildman–Crippen MR) is 113 cm³/mol. The molecule has 0 aliphatic heterocycles. The van der Waals surface area contributed by atoms with Crippen molar-refractivity contribution in [2.24, 2.45) is 0 Å². The third kappa shape index (κ3) is 3.51. The number of Topliss-reactive ketones (excluding diaryl/α,β-unsaturated/α-hetero) is 1. The summed E-state index contributed by atoms with van der Waals surface area (Å²) in [5, 5.41) is 10.7. The van der Waals surface area contributed by atoms with Crippen LogP contribution in [0.5, 0.6) is 0 Å². The third-order valence-corrected chi connectivity index (χ3v) is 4.84. The zero-order chi connectivity index (χ0) is 19.3. The average molecular weight is 364 g/mol. The van der Waals surface area contributed by atoms with Crippen LogP contribution in [0.1, 0.15) is 22.0 Å². The van der Waals surface area contributed by atoms with Gasteiger partial charge in [0.25, 0.3) is 0 Å². The number of carbonyl (C=O) groups excluding carboxylic acids is 1. The summed E-state index contributed by atoms with van der Waals surface area (Å²) in [7, 11) is 0. The van der Waals surface area contributed by atoms with Gasteiger partial charge in [0.1, 0.15) is 6.10 Å². The molecule has 136 valence electrons. The van der Waals surface area contributed by atoms with E-state index in [1.54, 1.807) is 18.2 Å². The molecule has 0 bridgehead atoms. The number of hydrogen-bond donors (Lipinski definition) is 1. The average Bonchev–Trinajstić information content (AvgIpc) is 2.79. The van der Waals surface area contributed by atoms with Crippen molar-refractivity contribution < 1.29 is 9.90 Å². The van der Waals surface area contributed by atoms with Crippen molar-refractivity contribution in [2.75, 3.05) is 0 Å². The van der Waals surface area contributed by atoms with Crippen molar-refractivity contribution >= 4 is 5.78 Å². The normalized spacial score (nSPS) is 11.8. The van der Waals surface area contributed by atoms with Crippen molar-refractivity contribution in [1.82, 2.24) is 0 Å². The Labute approximate surface area is 164 Å². The Hall–Kier alpha value is -3.49. The van der Waals surface area contributed by atoms with Gasteiger partial charge in [0.15, 0.2) is 5.78 Å². The molecule has 0 saturated carbocycles. The summed E-state index contributed by atoms with van der Waals surface area (Å²) in [5.74, 6) is -0.303. The maximum atomic E-state index is 13.3. The summed E-state index contributed by atoms with van der Waals surface area (Å²) in [6.45, 7) is 0. The molecule has 4 rings (SSSR count). The first-order valence-electron chi connectivity index (χ1n) is 9.27. The van der Waals surface area contributed by atoms with E-state index in [2.05, 4.69) is 0 Å². The number of ketones is 1. The fraction of sp³-hybridized carbons (Fsp3) is 0.0385. The second-order valence-electron chi connectivity index (χ2n) is 6.64. The quantitative estimate of drug-likeness (QED) is 0.445. The van der Waals surface area contributed by atoms with E-state index in [-0.39, 0.29) is 5.78 Å². The van der Waals surface area contributed by atoms with Gasteiger partial charge >= 0.3 is 0 Å². The van der Waals surface area contributed by atoms with Gasteiger partial charge in [-0.15, -0.1) is 0 Å². The standard InChI is InChI=1S/C26H20O2/c27-25(21-15-8-3-9-16-21)26(28)23-18-10-17-22(19-11-4-1-5-12-19)24(23)20-13-6-2-7-14-20/h1-18,25,27H. The summed E-state index contributed by atoms with van der Waals surface area (Å²) < 4.78 is 0. The van der Waals surface area contributed by atoms with Crippen molar-refractivity contribution in [3.63, 3.8) is 0 Å². The number of aliphatic hydroxyl groups is 1. The number of aliphatic hydroxyl groups excluding tert-OH is 1. The van der Waals surface area contributed by atoms with E-state index >= 15 is 0 Å². The fourth-order valence-electron chi connectivity index (χ4n) is 3.47. The van der Waals surface area contributed by atoms with Crippen LogP contribution in [-0.2, 0) is 0 Å². The second-order valence-corrected chi connectivity index (χ2v) is 6.64. The molecule has 0 radical (unpaired) electrons. The van der Waals surface area contributed by atoms with Gasteiger partial charge in [-0.3, -0.25) is 4.79 Å². The van der Waals surface area contributed by atoms with Gasteiger partial charge in [0, 0.05) is 11.1 Å². The molecule has 0 aliphatic rings. The summed E-state index contributed by atoms with van der Waals surface area (Å²) in [4.78, 5) is 13.3. The molecule has 2 nitrogen and oxygen atoms in total. The number of carbonyl (C=O) groups is 1. The topological polar surface area (TPSA) is 37.3 Å². The molecule has 0 aliphatic carbocycles. The lowest BCUT2D eigenvalue weighted by Crippen LogP contribution is -2.13. The van der Waals surface area contributed by atoms with E-state index < -0.39 is 6.10 Å². The van der Waals surface area contributed by atoms with Crippen LogP contribution in [0.2, 0.25) is 0 Å². The highest BCUT2D eigenvalue weighted by molar-refractivity contribution is 6.08. The number of hydrogen-bond acceptors (Lipinski definition) is 2.